The van der Waals surface area contributed by atoms with Crippen LogP contribution in [0.1, 0.15) is 28.8 Å². The number of amides is 1. The predicted molar refractivity (Wildman–Crippen MR) is 101 cm³/mol. The van der Waals surface area contributed by atoms with Gasteiger partial charge in [-0.2, -0.15) is 0 Å². The Labute approximate surface area is 162 Å². The highest BCUT2D eigenvalue weighted by Crippen LogP contribution is 2.17. The number of carbonyl (C=O) groups is 2. The molecule has 0 bridgehead atoms. The molecule has 1 aliphatic heterocycles. The summed E-state index contributed by atoms with van der Waals surface area (Å²) < 4.78 is 29.6. The molecule has 1 heterocycles. The monoisotopic (exact) mass is 387 g/mol. The van der Waals surface area contributed by atoms with Crippen molar-refractivity contribution in [2.24, 2.45) is 0 Å². The highest BCUT2D eigenvalue weighted by Gasteiger charge is 2.16. The number of halogens is 1. The van der Waals surface area contributed by atoms with Crippen LogP contribution >= 0.6 is 0 Å². The number of nitrogens with one attached hydrogen (secondary N) is 1. The second-order valence-corrected chi connectivity index (χ2v) is 6.56. The molecule has 0 radical (unpaired) electrons. The Bertz CT molecular complexity index is 831. The van der Waals surface area contributed by atoms with Crippen molar-refractivity contribution in [1.82, 2.24) is 0 Å². The van der Waals surface area contributed by atoms with Crippen molar-refractivity contribution in [2.75, 3.05) is 25.1 Å². The molecule has 0 spiro atoms. The molecule has 3 rings (SSSR count). The number of hydrogen-bond donors (Lipinski definition) is 1. The first-order valence-electron chi connectivity index (χ1n) is 9.09. The van der Waals surface area contributed by atoms with Gasteiger partial charge in [0.05, 0.1) is 11.7 Å². The molecule has 6 nitrogen and oxygen atoms in total. The Hall–Kier alpha value is -2.93. The molecule has 2 aromatic carbocycles. The normalized spacial score (nSPS) is 15.9. The average molecular weight is 387 g/mol. The van der Waals surface area contributed by atoms with Gasteiger partial charge in [-0.25, -0.2) is 9.18 Å². The van der Waals surface area contributed by atoms with Gasteiger partial charge in [-0.1, -0.05) is 6.07 Å². The molecule has 1 amide bonds. The molecule has 28 heavy (non-hydrogen) atoms. The molecule has 1 atom stereocenters. The van der Waals surface area contributed by atoms with Crippen LogP contribution in [-0.2, 0) is 14.3 Å². The first kappa shape index (κ1) is 19.8. The maximum atomic E-state index is 13.5. The summed E-state index contributed by atoms with van der Waals surface area (Å²) in [5.74, 6) is -0.966. The third-order valence-electron chi connectivity index (χ3n) is 4.34. The number of rotatable bonds is 7. The lowest BCUT2D eigenvalue weighted by Crippen LogP contribution is -2.21. The lowest BCUT2D eigenvalue weighted by molar-refractivity contribution is -0.119. The summed E-state index contributed by atoms with van der Waals surface area (Å²) in [4.78, 5) is 23.9. The molecular formula is C21H22FNO5. The van der Waals surface area contributed by atoms with Crippen molar-refractivity contribution < 1.29 is 28.2 Å². The predicted octanol–water partition coefficient (Wildman–Crippen LogP) is 3.49. The zero-order chi connectivity index (χ0) is 19.9. The van der Waals surface area contributed by atoms with E-state index in [-0.39, 0.29) is 6.10 Å². The van der Waals surface area contributed by atoms with Gasteiger partial charge in [-0.3, -0.25) is 4.79 Å². The third-order valence-corrected chi connectivity index (χ3v) is 4.34. The Morgan fingerprint density at radius 1 is 1.21 bits per heavy atom. The minimum atomic E-state index is -0.629. The summed E-state index contributed by atoms with van der Waals surface area (Å²) in [6.07, 6.45) is 2.15. The number of hydrogen-bond acceptors (Lipinski definition) is 5. The number of aryl methyl sites for hydroxylation is 1. The highest BCUT2D eigenvalue weighted by atomic mass is 19.1. The van der Waals surface area contributed by atoms with E-state index in [2.05, 4.69) is 5.32 Å². The zero-order valence-corrected chi connectivity index (χ0v) is 15.6. The van der Waals surface area contributed by atoms with Gasteiger partial charge in [0, 0.05) is 12.3 Å². The topological polar surface area (TPSA) is 73.9 Å². The Morgan fingerprint density at radius 3 is 2.68 bits per heavy atom. The van der Waals surface area contributed by atoms with Gasteiger partial charge in [0.15, 0.2) is 6.61 Å². The maximum absolute atomic E-state index is 13.5. The van der Waals surface area contributed by atoms with E-state index in [1.807, 2.05) is 0 Å². The lowest BCUT2D eigenvalue weighted by atomic mass is 10.2. The van der Waals surface area contributed by atoms with E-state index < -0.39 is 24.3 Å². The zero-order valence-electron chi connectivity index (χ0n) is 15.6. The Kier molecular flexibility index (Phi) is 6.60. The highest BCUT2D eigenvalue weighted by molar-refractivity contribution is 5.95. The second-order valence-electron chi connectivity index (χ2n) is 6.56. The van der Waals surface area contributed by atoms with Crippen molar-refractivity contribution in [1.29, 1.82) is 0 Å². The Balaban J connectivity index is 1.44. The fraction of sp³-hybridized carbons (Fsp3) is 0.333. The maximum Gasteiger partial charge on any atom is 0.338 e. The van der Waals surface area contributed by atoms with Crippen molar-refractivity contribution in [3.63, 3.8) is 0 Å². The van der Waals surface area contributed by atoms with Crippen molar-refractivity contribution in [3.05, 3.63) is 59.4 Å². The fourth-order valence-corrected chi connectivity index (χ4v) is 2.73. The molecule has 7 heteroatoms. The molecule has 0 aliphatic carbocycles. The third kappa shape index (κ3) is 5.53. The van der Waals surface area contributed by atoms with E-state index in [4.69, 9.17) is 14.2 Å². The number of carbonyl (C=O) groups excluding carboxylic acids is 2. The summed E-state index contributed by atoms with van der Waals surface area (Å²) >= 11 is 0. The van der Waals surface area contributed by atoms with E-state index in [9.17, 15) is 14.0 Å². The summed E-state index contributed by atoms with van der Waals surface area (Å²) in [7, 11) is 0. The average Bonchev–Trinajstić information content (AvgIpc) is 3.21. The molecule has 148 valence electrons. The molecule has 1 aliphatic rings. The van der Waals surface area contributed by atoms with Crippen LogP contribution in [0.2, 0.25) is 0 Å². The van der Waals surface area contributed by atoms with Crippen LogP contribution in [0.5, 0.6) is 5.75 Å². The van der Waals surface area contributed by atoms with Gasteiger partial charge < -0.3 is 19.5 Å². The molecule has 2 aromatic rings. The first-order chi connectivity index (χ1) is 13.5. The van der Waals surface area contributed by atoms with Crippen LogP contribution in [0.15, 0.2) is 42.5 Å². The fourth-order valence-electron chi connectivity index (χ4n) is 2.73. The van der Waals surface area contributed by atoms with Crippen LogP contribution in [0.25, 0.3) is 0 Å². The molecular weight excluding hydrogens is 365 g/mol. The van der Waals surface area contributed by atoms with E-state index in [1.54, 1.807) is 43.3 Å². The van der Waals surface area contributed by atoms with Crippen molar-refractivity contribution in [3.8, 4) is 5.75 Å². The van der Waals surface area contributed by atoms with E-state index in [0.717, 1.165) is 19.4 Å². The second kappa shape index (κ2) is 9.32. The summed E-state index contributed by atoms with van der Waals surface area (Å²) in [5, 5.41) is 2.48. The van der Waals surface area contributed by atoms with Crippen LogP contribution in [0.3, 0.4) is 0 Å². The largest absolute Gasteiger partial charge is 0.491 e. The number of esters is 1. The SMILES string of the molecule is Cc1ccc(NC(=O)COC(=O)c2ccc(OCC3CCCO3)cc2)cc1F. The van der Waals surface area contributed by atoms with E-state index >= 15 is 0 Å². The van der Waals surface area contributed by atoms with Gasteiger partial charge in [0.2, 0.25) is 0 Å². The van der Waals surface area contributed by atoms with Crippen LogP contribution in [0.4, 0.5) is 10.1 Å². The molecule has 1 N–H and O–H groups in total. The van der Waals surface area contributed by atoms with Gasteiger partial charge in [0.25, 0.3) is 5.91 Å². The smallest absolute Gasteiger partial charge is 0.338 e. The number of benzene rings is 2. The number of ether oxygens (including phenoxy) is 3. The van der Waals surface area contributed by atoms with Gasteiger partial charge in [-0.15, -0.1) is 0 Å². The van der Waals surface area contributed by atoms with Crippen LogP contribution in [-0.4, -0.2) is 37.8 Å². The first-order valence-corrected chi connectivity index (χ1v) is 9.09. The number of anilines is 1. The van der Waals surface area contributed by atoms with E-state index in [1.165, 1.54) is 6.07 Å². The van der Waals surface area contributed by atoms with Crippen LogP contribution < -0.4 is 10.1 Å². The lowest BCUT2D eigenvalue weighted by Gasteiger charge is -2.11. The van der Waals surface area contributed by atoms with Gasteiger partial charge >= 0.3 is 5.97 Å². The molecule has 0 aromatic heterocycles. The molecule has 1 unspecified atom stereocenters. The Morgan fingerprint density at radius 2 is 2.00 bits per heavy atom. The molecule has 1 saturated heterocycles. The van der Waals surface area contributed by atoms with Gasteiger partial charge in [-0.05, 0) is 61.7 Å². The molecule has 0 saturated carbocycles. The quantitative estimate of drug-likeness (QED) is 0.737. The standard InChI is InChI=1S/C21H22FNO5/c1-14-4-7-16(11-19(14)22)23-20(24)13-28-21(25)15-5-8-17(9-6-15)27-12-18-3-2-10-26-18/h4-9,11,18H,2-3,10,12-13H2,1H3,(H,23,24). The van der Waals surface area contributed by atoms with Crippen molar-refractivity contribution in [2.45, 2.75) is 25.9 Å². The summed E-state index contributed by atoms with van der Waals surface area (Å²) in [6, 6.07) is 10.8. The van der Waals surface area contributed by atoms with Crippen molar-refractivity contribution >= 4 is 17.6 Å². The molecule has 1 fully saturated rings. The summed E-state index contributed by atoms with van der Waals surface area (Å²) in [6.45, 7) is 2.40. The van der Waals surface area contributed by atoms with E-state index in [0.29, 0.717) is 29.2 Å². The minimum Gasteiger partial charge on any atom is -0.491 e. The van der Waals surface area contributed by atoms with Crippen LogP contribution in [0, 0.1) is 12.7 Å². The van der Waals surface area contributed by atoms with Gasteiger partial charge in [0.1, 0.15) is 18.2 Å². The minimum absolute atomic E-state index is 0.116. The summed E-state index contributed by atoms with van der Waals surface area (Å²) in [5.41, 5.74) is 1.09.